The maximum absolute atomic E-state index is 12.1. The van der Waals surface area contributed by atoms with Gasteiger partial charge < -0.3 is 20.1 Å². The molecule has 3 atom stereocenters. The van der Waals surface area contributed by atoms with E-state index in [2.05, 4.69) is 5.32 Å². The van der Waals surface area contributed by atoms with Crippen LogP contribution in [-0.4, -0.2) is 53.5 Å². The van der Waals surface area contributed by atoms with Gasteiger partial charge in [-0.2, -0.15) is 0 Å². The monoisotopic (exact) mass is 312 g/mol. The van der Waals surface area contributed by atoms with Crippen LogP contribution >= 0.6 is 0 Å². The van der Waals surface area contributed by atoms with Crippen LogP contribution in [0.15, 0.2) is 0 Å². The molecule has 1 saturated carbocycles. The van der Waals surface area contributed by atoms with Crippen molar-refractivity contribution in [3.8, 4) is 0 Å². The highest BCUT2D eigenvalue weighted by Gasteiger charge is 2.32. The maximum atomic E-state index is 12.1. The summed E-state index contributed by atoms with van der Waals surface area (Å²) in [7, 11) is 0. The first-order valence-electron chi connectivity index (χ1n) is 8.74. The smallest absolute Gasteiger partial charge is 0.410 e. The molecule has 0 bridgehead atoms. The Morgan fingerprint density at radius 2 is 1.95 bits per heavy atom. The minimum absolute atomic E-state index is 0.212. The Morgan fingerprint density at radius 1 is 1.23 bits per heavy atom. The van der Waals surface area contributed by atoms with Gasteiger partial charge in [0, 0.05) is 31.8 Å². The predicted molar refractivity (Wildman–Crippen MR) is 86.8 cm³/mol. The lowest BCUT2D eigenvalue weighted by Crippen LogP contribution is -2.45. The van der Waals surface area contributed by atoms with E-state index in [0.717, 1.165) is 25.8 Å². The standard InChI is InChI=1S/C17H32N2O3/c1-17(2,3)22-16(21)19-10-9-14(11-19)18-15-8-6-4-5-7-13(15)12-20/h13-15,18,20H,4-12H2,1-3H3. The summed E-state index contributed by atoms with van der Waals surface area (Å²) < 4.78 is 5.44. The largest absolute Gasteiger partial charge is 0.444 e. The summed E-state index contributed by atoms with van der Waals surface area (Å²) in [6.07, 6.45) is 6.72. The number of nitrogens with zero attached hydrogens (tertiary/aromatic N) is 1. The number of aliphatic hydroxyl groups is 1. The second-order valence-corrected chi connectivity index (χ2v) is 7.77. The van der Waals surface area contributed by atoms with Crippen molar-refractivity contribution in [1.82, 2.24) is 10.2 Å². The summed E-state index contributed by atoms with van der Waals surface area (Å²) in [6, 6.07) is 0.709. The van der Waals surface area contributed by atoms with Gasteiger partial charge in [0.2, 0.25) is 0 Å². The quantitative estimate of drug-likeness (QED) is 0.786. The summed E-state index contributed by atoms with van der Waals surface area (Å²) in [6.45, 7) is 7.42. The molecule has 128 valence electrons. The molecule has 1 heterocycles. The van der Waals surface area contributed by atoms with Gasteiger partial charge >= 0.3 is 6.09 Å². The predicted octanol–water partition coefficient (Wildman–Crippen LogP) is 2.53. The molecule has 0 radical (unpaired) electrons. The molecule has 3 unspecified atom stereocenters. The van der Waals surface area contributed by atoms with Gasteiger partial charge in [-0.05, 0) is 46.0 Å². The minimum atomic E-state index is -0.439. The molecule has 1 saturated heterocycles. The van der Waals surface area contributed by atoms with E-state index in [4.69, 9.17) is 4.74 Å². The Balaban J connectivity index is 1.83. The van der Waals surface area contributed by atoms with E-state index >= 15 is 0 Å². The lowest BCUT2D eigenvalue weighted by Gasteiger charge is -2.28. The third-order valence-electron chi connectivity index (χ3n) is 4.68. The molecule has 2 aliphatic rings. The second kappa shape index (κ2) is 7.64. The van der Waals surface area contributed by atoms with E-state index in [-0.39, 0.29) is 12.7 Å². The first kappa shape index (κ1) is 17.5. The Labute approximate surface area is 134 Å². The molecule has 0 aromatic rings. The normalized spacial score (nSPS) is 30.2. The molecule has 0 spiro atoms. The van der Waals surface area contributed by atoms with Crippen molar-refractivity contribution in [2.24, 2.45) is 5.92 Å². The molecule has 5 heteroatoms. The fourth-order valence-corrected chi connectivity index (χ4v) is 3.51. The van der Waals surface area contributed by atoms with Crippen LogP contribution < -0.4 is 5.32 Å². The van der Waals surface area contributed by atoms with Crippen molar-refractivity contribution in [2.75, 3.05) is 19.7 Å². The molecule has 0 aromatic heterocycles. The highest BCUT2D eigenvalue weighted by atomic mass is 16.6. The minimum Gasteiger partial charge on any atom is -0.444 e. The topological polar surface area (TPSA) is 61.8 Å². The van der Waals surface area contributed by atoms with Crippen molar-refractivity contribution in [3.05, 3.63) is 0 Å². The number of likely N-dealkylation sites (tertiary alicyclic amines) is 1. The van der Waals surface area contributed by atoms with Crippen LogP contribution in [0.5, 0.6) is 0 Å². The molecular formula is C17H32N2O3. The van der Waals surface area contributed by atoms with E-state index in [9.17, 15) is 9.90 Å². The molecule has 1 amide bonds. The van der Waals surface area contributed by atoms with Crippen molar-refractivity contribution < 1.29 is 14.6 Å². The first-order chi connectivity index (χ1) is 10.4. The fraction of sp³-hybridized carbons (Fsp3) is 0.941. The zero-order valence-electron chi connectivity index (χ0n) is 14.3. The van der Waals surface area contributed by atoms with E-state index < -0.39 is 5.60 Å². The molecule has 1 aliphatic heterocycles. The molecule has 2 N–H and O–H groups in total. The van der Waals surface area contributed by atoms with Crippen LogP contribution in [0, 0.1) is 5.92 Å². The number of rotatable bonds is 3. The number of hydrogen-bond donors (Lipinski definition) is 2. The first-order valence-corrected chi connectivity index (χ1v) is 8.74. The summed E-state index contributed by atoms with van der Waals surface area (Å²) in [4.78, 5) is 13.9. The van der Waals surface area contributed by atoms with Crippen LogP contribution in [0.25, 0.3) is 0 Å². The van der Waals surface area contributed by atoms with Gasteiger partial charge in [0.25, 0.3) is 0 Å². The fourth-order valence-electron chi connectivity index (χ4n) is 3.51. The maximum Gasteiger partial charge on any atom is 0.410 e. The van der Waals surface area contributed by atoms with E-state index in [0.29, 0.717) is 24.5 Å². The third-order valence-corrected chi connectivity index (χ3v) is 4.68. The molecule has 2 rings (SSSR count). The van der Waals surface area contributed by atoms with E-state index in [1.807, 2.05) is 20.8 Å². The molecular weight excluding hydrogens is 280 g/mol. The van der Waals surface area contributed by atoms with Crippen LogP contribution in [0.3, 0.4) is 0 Å². The zero-order chi connectivity index (χ0) is 16.2. The molecule has 0 aromatic carbocycles. The van der Waals surface area contributed by atoms with Crippen molar-refractivity contribution in [2.45, 2.75) is 77.0 Å². The number of aliphatic hydroxyl groups excluding tert-OH is 1. The number of hydrogen-bond acceptors (Lipinski definition) is 4. The second-order valence-electron chi connectivity index (χ2n) is 7.77. The van der Waals surface area contributed by atoms with Gasteiger partial charge in [-0.3, -0.25) is 0 Å². The highest BCUT2D eigenvalue weighted by molar-refractivity contribution is 5.68. The highest BCUT2D eigenvalue weighted by Crippen LogP contribution is 2.25. The number of nitrogens with one attached hydrogen (secondary N) is 1. The summed E-state index contributed by atoms with van der Waals surface area (Å²) in [5, 5.41) is 13.3. The zero-order valence-corrected chi connectivity index (χ0v) is 14.3. The Bertz CT molecular complexity index is 367. The molecule has 22 heavy (non-hydrogen) atoms. The lowest BCUT2D eigenvalue weighted by molar-refractivity contribution is 0.0289. The van der Waals surface area contributed by atoms with Gasteiger partial charge in [-0.15, -0.1) is 0 Å². The van der Waals surface area contributed by atoms with Crippen molar-refractivity contribution in [3.63, 3.8) is 0 Å². The van der Waals surface area contributed by atoms with Gasteiger partial charge in [0.05, 0.1) is 0 Å². The van der Waals surface area contributed by atoms with Gasteiger partial charge in [0.15, 0.2) is 0 Å². The van der Waals surface area contributed by atoms with Crippen LogP contribution in [0.2, 0.25) is 0 Å². The number of carbonyl (C=O) groups excluding carboxylic acids is 1. The van der Waals surface area contributed by atoms with Crippen molar-refractivity contribution >= 4 is 6.09 Å². The van der Waals surface area contributed by atoms with Crippen molar-refractivity contribution in [1.29, 1.82) is 0 Å². The number of ether oxygens (including phenoxy) is 1. The van der Waals surface area contributed by atoms with Gasteiger partial charge in [-0.1, -0.05) is 19.3 Å². The Hall–Kier alpha value is -0.810. The molecule has 1 aliphatic carbocycles. The lowest BCUT2D eigenvalue weighted by atomic mass is 9.95. The molecule has 5 nitrogen and oxygen atoms in total. The summed E-state index contributed by atoms with van der Waals surface area (Å²) in [5.74, 6) is 0.359. The Morgan fingerprint density at radius 3 is 2.64 bits per heavy atom. The Kier molecular flexibility index (Phi) is 6.09. The summed E-state index contributed by atoms with van der Waals surface area (Å²) in [5.41, 5.74) is -0.439. The van der Waals surface area contributed by atoms with Crippen LogP contribution in [0.4, 0.5) is 4.79 Å². The van der Waals surface area contributed by atoms with Crippen LogP contribution in [0.1, 0.15) is 59.3 Å². The van der Waals surface area contributed by atoms with Gasteiger partial charge in [-0.25, -0.2) is 4.79 Å². The van der Waals surface area contributed by atoms with Gasteiger partial charge in [0.1, 0.15) is 5.60 Å². The van der Waals surface area contributed by atoms with E-state index in [1.54, 1.807) is 4.90 Å². The average Bonchev–Trinajstić information content (AvgIpc) is 2.77. The molecule has 2 fully saturated rings. The van der Waals surface area contributed by atoms with Crippen LogP contribution in [-0.2, 0) is 4.74 Å². The van der Waals surface area contributed by atoms with E-state index in [1.165, 1.54) is 19.3 Å². The average molecular weight is 312 g/mol. The number of carbonyl (C=O) groups is 1. The SMILES string of the molecule is CC(C)(C)OC(=O)N1CCC(NC2CCCCCC2CO)C1. The summed E-state index contributed by atoms with van der Waals surface area (Å²) >= 11 is 0. The third kappa shape index (κ3) is 5.13. The number of amides is 1.